The molecule has 202 valence electrons. The first kappa shape index (κ1) is 27.1. The topological polar surface area (TPSA) is 96.9 Å². The van der Waals surface area contributed by atoms with Crippen LogP contribution in [0.3, 0.4) is 0 Å². The van der Waals surface area contributed by atoms with Gasteiger partial charge in [0, 0.05) is 54.9 Å². The molecule has 4 heterocycles. The van der Waals surface area contributed by atoms with Gasteiger partial charge in [-0.05, 0) is 68.9 Å². The van der Waals surface area contributed by atoms with E-state index < -0.39 is 20.0 Å². The van der Waals surface area contributed by atoms with Gasteiger partial charge in [-0.2, -0.15) is 8.61 Å². The van der Waals surface area contributed by atoms with E-state index in [1.807, 2.05) is 12.1 Å². The van der Waals surface area contributed by atoms with Gasteiger partial charge >= 0.3 is 0 Å². The van der Waals surface area contributed by atoms with Crippen LogP contribution in [0.25, 0.3) is 0 Å². The summed E-state index contributed by atoms with van der Waals surface area (Å²) in [5.41, 5.74) is 0. The fourth-order valence-corrected chi connectivity index (χ4v) is 10.6. The SMILES string of the molecule is O=S(=O)(CCC[C@@H]1CCCN1S(=O)(=O)c1ccc(Cl)cc1Cl)N1C2CCC1CC(Oc1ccncc1)C2. The fourth-order valence-electron chi connectivity index (χ4n) is 6.08. The largest absolute Gasteiger partial charge is 0.490 e. The predicted molar refractivity (Wildman–Crippen MR) is 143 cm³/mol. The number of benzene rings is 1. The molecule has 3 aliphatic heterocycles. The molecule has 1 aromatic heterocycles. The van der Waals surface area contributed by atoms with Crippen LogP contribution in [-0.4, -0.2) is 67.0 Å². The monoisotopic (exact) mass is 587 g/mol. The maximum absolute atomic E-state index is 13.4. The van der Waals surface area contributed by atoms with Crippen molar-refractivity contribution in [3.8, 4) is 5.75 Å². The van der Waals surface area contributed by atoms with Crippen LogP contribution in [0, 0.1) is 0 Å². The maximum atomic E-state index is 13.4. The molecule has 3 fully saturated rings. The number of halogens is 2. The first-order valence-electron chi connectivity index (χ1n) is 12.7. The van der Waals surface area contributed by atoms with E-state index in [9.17, 15) is 16.8 Å². The van der Waals surface area contributed by atoms with Crippen LogP contribution >= 0.6 is 23.2 Å². The van der Waals surface area contributed by atoms with E-state index in [1.54, 1.807) is 16.7 Å². The number of rotatable bonds is 9. The van der Waals surface area contributed by atoms with Crippen molar-refractivity contribution in [2.24, 2.45) is 0 Å². The molecule has 3 saturated heterocycles. The summed E-state index contributed by atoms with van der Waals surface area (Å²) in [5.74, 6) is 0.772. The number of sulfonamides is 2. The van der Waals surface area contributed by atoms with Gasteiger partial charge in [0.1, 0.15) is 16.7 Å². The van der Waals surface area contributed by atoms with Crippen LogP contribution < -0.4 is 4.74 Å². The Hall–Kier alpha value is -1.43. The maximum Gasteiger partial charge on any atom is 0.244 e. The van der Waals surface area contributed by atoms with Gasteiger partial charge in [0.15, 0.2) is 0 Å². The molecular weight excluding hydrogens is 557 g/mol. The number of fused-ring (bicyclic) bond motifs is 2. The Bertz CT molecular complexity index is 1310. The van der Waals surface area contributed by atoms with Crippen molar-refractivity contribution in [1.29, 1.82) is 0 Å². The van der Waals surface area contributed by atoms with E-state index in [1.165, 1.54) is 22.5 Å². The van der Waals surface area contributed by atoms with Gasteiger partial charge in [-0.25, -0.2) is 16.8 Å². The predicted octanol–water partition coefficient (Wildman–Crippen LogP) is 4.73. The van der Waals surface area contributed by atoms with E-state index in [2.05, 4.69) is 4.98 Å². The zero-order valence-electron chi connectivity index (χ0n) is 20.4. The molecule has 0 N–H and O–H groups in total. The highest BCUT2D eigenvalue weighted by atomic mass is 35.5. The molecule has 2 aromatic rings. The number of nitrogens with zero attached hydrogens (tertiary/aromatic N) is 3. The molecule has 2 unspecified atom stereocenters. The van der Waals surface area contributed by atoms with Gasteiger partial charge in [0.25, 0.3) is 0 Å². The Balaban J connectivity index is 1.19. The molecule has 0 amide bonds. The minimum atomic E-state index is -3.80. The van der Waals surface area contributed by atoms with Crippen molar-refractivity contribution in [2.45, 2.75) is 80.5 Å². The average molecular weight is 589 g/mol. The summed E-state index contributed by atoms with van der Waals surface area (Å²) < 4.78 is 62.6. The normalized spacial score (nSPS) is 27.0. The molecule has 3 aliphatic rings. The number of pyridine rings is 1. The Labute approximate surface area is 229 Å². The van der Waals surface area contributed by atoms with E-state index in [0.29, 0.717) is 43.7 Å². The Morgan fingerprint density at radius 3 is 2.35 bits per heavy atom. The molecule has 2 bridgehead atoms. The van der Waals surface area contributed by atoms with Gasteiger partial charge < -0.3 is 4.74 Å². The van der Waals surface area contributed by atoms with Gasteiger partial charge in [0.2, 0.25) is 20.0 Å². The lowest BCUT2D eigenvalue weighted by Gasteiger charge is -2.38. The Morgan fingerprint density at radius 1 is 0.973 bits per heavy atom. The van der Waals surface area contributed by atoms with Gasteiger partial charge in [-0.15, -0.1) is 0 Å². The van der Waals surface area contributed by atoms with Crippen molar-refractivity contribution in [1.82, 2.24) is 13.6 Å². The van der Waals surface area contributed by atoms with E-state index in [4.69, 9.17) is 27.9 Å². The van der Waals surface area contributed by atoms with Crippen molar-refractivity contribution in [3.63, 3.8) is 0 Å². The summed E-state index contributed by atoms with van der Waals surface area (Å²) in [6.45, 7) is 0.397. The van der Waals surface area contributed by atoms with Crippen molar-refractivity contribution in [3.05, 3.63) is 52.8 Å². The van der Waals surface area contributed by atoms with Gasteiger partial charge in [0.05, 0.1) is 10.8 Å². The third-order valence-electron chi connectivity index (χ3n) is 7.64. The van der Waals surface area contributed by atoms with Crippen LogP contribution in [0.5, 0.6) is 5.75 Å². The quantitative estimate of drug-likeness (QED) is 0.421. The molecule has 3 atom stereocenters. The molecule has 0 aliphatic carbocycles. The molecule has 0 spiro atoms. The van der Waals surface area contributed by atoms with Gasteiger partial charge in [-0.1, -0.05) is 23.2 Å². The van der Waals surface area contributed by atoms with Crippen LogP contribution in [0.1, 0.15) is 51.4 Å². The van der Waals surface area contributed by atoms with E-state index in [0.717, 1.165) is 25.0 Å². The Kier molecular flexibility index (Phi) is 8.06. The molecule has 37 heavy (non-hydrogen) atoms. The third-order valence-corrected chi connectivity index (χ3v) is 12.4. The lowest BCUT2D eigenvalue weighted by molar-refractivity contribution is 0.0956. The average Bonchev–Trinajstić information content (AvgIpc) is 3.43. The second-order valence-electron chi connectivity index (χ2n) is 10.1. The highest BCUT2D eigenvalue weighted by Crippen LogP contribution is 2.40. The first-order chi connectivity index (χ1) is 17.6. The Morgan fingerprint density at radius 2 is 1.68 bits per heavy atom. The van der Waals surface area contributed by atoms with Crippen molar-refractivity contribution >= 4 is 43.2 Å². The summed E-state index contributed by atoms with van der Waals surface area (Å²) >= 11 is 12.1. The second kappa shape index (κ2) is 11.0. The molecule has 0 saturated carbocycles. The van der Waals surface area contributed by atoms with Gasteiger partial charge in [-0.3, -0.25) is 4.98 Å². The zero-order valence-corrected chi connectivity index (χ0v) is 23.5. The standard InChI is InChI=1S/C25H31Cl2N3O5S2/c26-18-5-8-25(24(27)15-18)37(33,34)29-13-1-3-19(29)4-2-14-36(31,32)30-20-6-7-21(30)17-23(16-20)35-22-9-11-28-12-10-22/h5,8-12,15,19-21,23H,1-4,6-7,13-14,16-17H2/t19-,20?,21?,23?/m0/s1. The molecule has 5 rings (SSSR count). The number of hydrogen-bond acceptors (Lipinski definition) is 6. The third kappa shape index (κ3) is 5.79. The summed E-state index contributed by atoms with van der Waals surface area (Å²) in [4.78, 5) is 4.04. The van der Waals surface area contributed by atoms with Crippen LogP contribution in [-0.2, 0) is 20.0 Å². The molecule has 8 nitrogen and oxygen atoms in total. The first-order valence-corrected chi connectivity index (χ1v) is 16.5. The zero-order chi connectivity index (χ0) is 26.2. The molecule has 0 radical (unpaired) electrons. The van der Waals surface area contributed by atoms with Crippen LogP contribution in [0.2, 0.25) is 10.0 Å². The molecular formula is C25H31Cl2N3O5S2. The van der Waals surface area contributed by atoms with E-state index in [-0.39, 0.29) is 39.9 Å². The van der Waals surface area contributed by atoms with Crippen molar-refractivity contribution in [2.75, 3.05) is 12.3 Å². The molecule has 12 heteroatoms. The van der Waals surface area contributed by atoms with Crippen LogP contribution in [0.15, 0.2) is 47.6 Å². The van der Waals surface area contributed by atoms with Crippen molar-refractivity contribution < 1.29 is 21.6 Å². The summed E-state index contributed by atoms with van der Waals surface area (Å²) in [6.07, 6.45) is 8.72. The number of piperidine rings is 1. The summed E-state index contributed by atoms with van der Waals surface area (Å²) in [6, 6.07) is 7.65. The van der Waals surface area contributed by atoms with Crippen LogP contribution in [0.4, 0.5) is 0 Å². The smallest absolute Gasteiger partial charge is 0.244 e. The minimum absolute atomic E-state index is 0.0108. The fraction of sp³-hybridized carbons (Fsp3) is 0.560. The number of hydrogen-bond donors (Lipinski definition) is 0. The highest BCUT2D eigenvalue weighted by Gasteiger charge is 2.47. The summed E-state index contributed by atoms with van der Waals surface area (Å²) in [5, 5.41) is 0.460. The number of ether oxygens (including phenoxy) is 1. The van der Waals surface area contributed by atoms with E-state index >= 15 is 0 Å². The second-order valence-corrected chi connectivity index (χ2v) is 14.8. The lowest BCUT2D eigenvalue weighted by Crippen LogP contribution is -2.50. The highest BCUT2D eigenvalue weighted by molar-refractivity contribution is 7.89. The number of aromatic nitrogens is 1. The molecule has 1 aromatic carbocycles. The summed E-state index contributed by atoms with van der Waals surface area (Å²) in [7, 11) is -7.26. The minimum Gasteiger partial charge on any atom is -0.490 e. The lowest BCUT2D eigenvalue weighted by atomic mass is 10.0.